The van der Waals surface area contributed by atoms with E-state index in [4.69, 9.17) is 6.42 Å². The zero-order valence-corrected chi connectivity index (χ0v) is 9.02. The molecule has 0 unspecified atom stereocenters. The second-order valence-corrected chi connectivity index (χ2v) is 2.64. The molecule has 13 heavy (non-hydrogen) atoms. The van der Waals surface area contributed by atoms with Crippen LogP contribution in [0.5, 0.6) is 0 Å². The molecule has 1 aromatic rings. The lowest BCUT2D eigenvalue weighted by molar-refractivity contribution is 1.11. The van der Waals surface area contributed by atoms with E-state index in [1.807, 2.05) is 19.9 Å². The van der Waals surface area contributed by atoms with Gasteiger partial charge in [-0.1, -0.05) is 32.8 Å². The predicted molar refractivity (Wildman–Crippen MR) is 59.8 cm³/mol. The fraction of sp³-hybridized carbons (Fsp3) is 0.385. The summed E-state index contributed by atoms with van der Waals surface area (Å²) in [6.07, 6.45) is 6.34. The molecule has 0 aliphatic carbocycles. The molecule has 0 fully saturated rings. The van der Waals surface area contributed by atoms with Gasteiger partial charge in [-0.15, -0.1) is 6.42 Å². The van der Waals surface area contributed by atoms with Gasteiger partial charge in [-0.2, -0.15) is 0 Å². The summed E-state index contributed by atoms with van der Waals surface area (Å²) in [6.45, 7) is 8.25. The van der Waals surface area contributed by atoms with E-state index in [2.05, 4.69) is 31.9 Å². The zero-order chi connectivity index (χ0) is 10.3. The van der Waals surface area contributed by atoms with Crippen LogP contribution in [0.2, 0.25) is 0 Å². The maximum Gasteiger partial charge on any atom is 0.0245 e. The van der Waals surface area contributed by atoms with Gasteiger partial charge in [-0.3, -0.25) is 0 Å². The predicted octanol–water partition coefficient (Wildman–Crippen LogP) is 3.56. The number of rotatable bonds is 1. The SMILES string of the molecule is C#Cc1ccc(CC)c(C)c1.CC. The molecule has 0 aliphatic heterocycles. The number of hydrogen-bond donors (Lipinski definition) is 0. The highest BCUT2D eigenvalue weighted by molar-refractivity contribution is 5.39. The van der Waals surface area contributed by atoms with Crippen molar-refractivity contribution in [3.05, 3.63) is 34.9 Å². The van der Waals surface area contributed by atoms with Gasteiger partial charge in [0.2, 0.25) is 0 Å². The average Bonchev–Trinajstić information content (AvgIpc) is 2.20. The molecule has 1 aromatic carbocycles. The zero-order valence-electron chi connectivity index (χ0n) is 9.02. The van der Waals surface area contributed by atoms with Crippen molar-refractivity contribution in [2.24, 2.45) is 0 Å². The minimum absolute atomic E-state index is 0.972. The molecule has 0 bridgehead atoms. The highest BCUT2D eigenvalue weighted by atomic mass is 14.0. The van der Waals surface area contributed by atoms with Gasteiger partial charge in [-0.05, 0) is 36.6 Å². The molecule has 0 heteroatoms. The summed E-state index contributed by atoms with van der Waals surface area (Å²) in [7, 11) is 0. The first kappa shape index (κ1) is 11.8. The Morgan fingerprint density at radius 2 is 1.92 bits per heavy atom. The molecule has 1 rings (SSSR count). The standard InChI is InChI=1S/C11H12.C2H6/c1-4-10-6-7-11(5-2)9(3)8-10;1-2/h1,6-8H,5H2,2-3H3;1-2H3. The van der Waals surface area contributed by atoms with E-state index < -0.39 is 0 Å². The van der Waals surface area contributed by atoms with Crippen molar-refractivity contribution in [1.82, 2.24) is 0 Å². The third-order valence-electron chi connectivity index (χ3n) is 1.89. The smallest absolute Gasteiger partial charge is 0.0245 e. The minimum Gasteiger partial charge on any atom is -0.115 e. The molecule has 0 saturated carbocycles. The van der Waals surface area contributed by atoms with E-state index in [1.165, 1.54) is 11.1 Å². The van der Waals surface area contributed by atoms with Gasteiger partial charge in [0.15, 0.2) is 0 Å². The Morgan fingerprint density at radius 1 is 1.31 bits per heavy atom. The van der Waals surface area contributed by atoms with E-state index in [-0.39, 0.29) is 0 Å². The van der Waals surface area contributed by atoms with Crippen LogP contribution in [0.25, 0.3) is 0 Å². The molecule has 0 nitrogen and oxygen atoms in total. The summed E-state index contributed by atoms with van der Waals surface area (Å²) in [5.74, 6) is 2.62. The summed E-state index contributed by atoms with van der Waals surface area (Å²) in [4.78, 5) is 0. The topological polar surface area (TPSA) is 0 Å². The van der Waals surface area contributed by atoms with Crippen molar-refractivity contribution in [2.45, 2.75) is 34.1 Å². The molecule has 0 aromatic heterocycles. The number of aryl methyl sites for hydroxylation is 2. The molecule has 0 radical (unpaired) electrons. The van der Waals surface area contributed by atoms with Crippen molar-refractivity contribution < 1.29 is 0 Å². The first-order valence-corrected chi connectivity index (χ1v) is 4.84. The van der Waals surface area contributed by atoms with E-state index in [1.54, 1.807) is 0 Å². The highest BCUT2D eigenvalue weighted by Crippen LogP contribution is 2.10. The second-order valence-electron chi connectivity index (χ2n) is 2.64. The molecular formula is C13H18. The Labute approximate surface area is 82.0 Å². The molecule has 0 atom stereocenters. The van der Waals surface area contributed by atoms with E-state index in [0.717, 1.165) is 12.0 Å². The molecular weight excluding hydrogens is 156 g/mol. The van der Waals surface area contributed by atoms with Crippen molar-refractivity contribution in [3.63, 3.8) is 0 Å². The van der Waals surface area contributed by atoms with Gasteiger partial charge in [-0.25, -0.2) is 0 Å². The van der Waals surface area contributed by atoms with Gasteiger partial charge < -0.3 is 0 Å². The Kier molecular flexibility index (Phi) is 5.72. The van der Waals surface area contributed by atoms with Crippen molar-refractivity contribution in [1.29, 1.82) is 0 Å². The summed E-state index contributed by atoms with van der Waals surface area (Å²) >= 11 is 0. The average molecular weight is 174 g/mol. The van der Waals surface area contributed by atoms with Crippen LogP contribution in [0, 0.1) is 19.3 Å². The van der Waals surface area contributed by atoms with E-state index in [0.29, 0.717) is 0 Å². The Bertz CT molecular complexity index is 289. The summed E-state index contributed by atoms with van der Waals surface area (Å²) in [5.41, 5.74) is 3.65. The summed E-state index contributed by atoms with van der Waals surface area (Å²) in [5, 5.41) is 0. The monoisotopic (exact) mass is 174 g/mol. The van der Waals surface area contributed by atoms with E-state index in [9.17, 15) is 0 Å². The quantitative estimate of drug-likeness (QED) is 0.571. The summed E-state index contributed by atoms with van der Waals surface area (Å²) in [6, 6.07) is 6.15. The normalized spacial score (nSPS) is 8.23. The van der Waals surface area contributed by atoms with Crippen LogP contribution < -0.4 is 0 Å². The van der Waals surface area contributed by atoms with Crippen LogP contribution in [0.4, 0.5) is 0 Å². The van der Waals surface area contributed by atoms with Crippen LogP contribution in [0.3, 0.4) is 0 Å². The molecule has 0 saturated heterocycles. The van der Waals surface area contributed by atoms with E-state index >= 15 is 0 Å². The molecule has 0 N–H and O–H groups in total. The van der Waals surface area contributed by atoms with Gasteiger partial charge in [0, 0.05) is 5.56 Å². The van der Waals surface area contributed by atoms with Crippen LogP contribution in [0.1, 0.15) is 37.5 Å². The van der Waals surface area contributed by atoms with Gasteiger partial charge >= 0.3 is 0 Å². The second kappa shape index (κ2) is 6.31. The third-order valence-corrected chi connectivity index (χ3v) is 1.89. The van der Waals surface area contributed by atoms with Gasteiger partial charge in [0.25, 0.3) is 0 Å². The van der Waals surface area contributed by atoms with Crippen molar-refractivity contribution in [3.8, 4) is 12.3 Å². The first-order chi connectivity index (χ1) is 6.27. The first-order valence-electron chi connectivity index (χ1n) is 4.84. The van der Waals surface area contributed by atoms with Crippen LogP contribution >= 0.6 is 0 Å². The lowest BCUT2D eigenvalue weighted by atomic mass is 10.0. The summed E-state index contributed by atoms with van der Waals surface area (Å²) < 4.78 is 0. The van der Waals surface area contributed by atoms with Crippen molar-refractivity contribution >= 4 is 0 Å². The molecule has 0 aliphatic rings. The molecule has 0 spiro atoms. The minimum atomic E-state index is 0.972. The Morgan fingerprint density at radius 3 is 2.31 bits per heavy atom. The lowest BCUT2D eigenvalue weighted by Gasteiger charge is -2.01. The Balaban J connectivity index is 0.000000671. The third kappa shape index (κ3) is 3.34. The van der Waals surface area contributed by atoms with Crippen LogP contribution in [-0.4, -0.2) is 0 Å². The van der Waals surface area contributed by atoms with Gasteiger partial charge in [0.1, 0.15) is 0 Å². The van der Waals surface area contributed by atoms with Crippen LogP contribution in [-0.2, 0) is 6.42 Å². The fourth-order valence-corrected chi connectivity index (χ4v) is 1.18. The van der Waals surface area contributed by atoms with Crippen molar-refractivity contribution in [2.75, 3.05) is 0 Å². The number of terminal acetylenes is 1. The highest BCUT2D eigenvalue weighted by Gasteiger charge is 1.94. The molecule has 0 amide bonds. The largest absolute Gasteiger partial charge is 0.115 e. The maximum absolute atomic E-state index is 5.26. The number of hydrogen-bond acceptors (Lipinski definition) is 0. The molecule has 0 heterocycles. The molecule has 70 valence electrons. The Hall–Kier alpha value is -1.22. The lowest BCUT2D eigenvalue weighted by Crippen LogP contribution is -1.86. The van der Waals surface area contributed by atoms with Crippen LogP contribution in [0.15, 0.2) is 18.2 Å². The van der Waals surface area contributed by atoms with Gasteiger partial charge in [0.05, 0.1) is 0 Å². The number of benzene rings is 1. The maximum atomic E-state index is 5.26. The fourth-order valence-electron chi connectivity index (χ4n) is 1.18.